The highest BCUT2D eigenvalue weighted by atomic mass is 35.5. The van der Waals surface area contributed by atoms with Gasteiger partial charge < -0.3 is 21.1 Å². The zero-order chi connectivity index (χ0) is 23.0. The maximum atomic E-state index is 13.7. The highest BCUT2D eigenvalue weighted by Gasteiger charge is 2.36. The summed E-state index contributed by atoms with van der Waals surface area (Å²) >= 11 is 6.12. The Bertz CT molecular complexity index is 1150. The lowest BCUT2D eigenvalue weighted by molar-refractivity contribution is 0.262. The molecule has 0 aliphatic carbocycles. The van der Waals surface area contributed by atoms with Crippen LogP contribution in [-0.4, -0.2) is 37.7 Å². The molecule has 2 bridgehead atoms. The standard InChI is InChI=1S/C21H24ClFN4O4S/c1-11-16(23)3-2-4-17(11)25-21(29)26-18-8-7-15(22)20(19(18)28)32(30,31)27-14-9-12-5-6-13(10-14)24-12/h2-4,7-8,12-14,24,27-28H,5-6,9-10H2,1H3,(H2,25,26,29)/t12-,13+,14?. The average Bonchev–Trinajstić information content (AvgIpc) is 3.05. The number of rotatable bonds is 5. The van der Waals surface area contributed by atoms with Crippen molar-refractivity contribution in [3.8, 4) is 5.75 Å². The molecule has 2 amide bonds. The normalized spacial score (nSPS) is 22.5. The third kappa shape index (κ3) is 4.68. The molecule has 2 heterocycles. The predicted octanol–water partition coefficient (Wildman–Crippen LogP) is 3.70. The molecule has 0 radical (unpaired) electrons. The van der Waals surface area contributed by atoms with Crippen LogP contribution in [0.1, 0.15) is 31.2 Å². The minimum Gasteiger partial charge on any atom is -0.504 e. The average molecular weight is 483 g/mol. The first-order chi connectivity index (χ1) is 15.1. The minimum absolute atomic E-state index is 0.147. The molecule has 2 fully saturated rings. The van der Waals surface area contributed by atoms with Crippen LogP contribution in [0.15, 0.2) is 35.2 Å². The lowest BCUT2D eigenvalue weighted by Gasteiger charge is -2.29. The number of phenolic OH excluding ortho intramolecular Hbond substituents is 1. The van der Waals surface area contributed by atoms with Gasteiger partial charge in [-0.3, -0.25) is 0 Å². The monoisotopic (exact) mass is 482 g/mol. The molecule has 2 aromatic carbocycles. The third-order valence-electron chi connectivity index (χ3n) is 5.91. The molecule has 2 aliphatic rings. The van der Waals surface area contributed by atoms with E-state index in [9.17, 15) is 22.7 Å². The number of fused-ring (bicyclic) bond motifs is 2. The zero-order valence-electron chi connectivity index (χ0n) is 17.3. The van der Waals surface area contributed by atoms with E-state index in [0.29, 0.717) is 12.8 Å². The van der Waals surface area contributed by atoms with Crippen LogP contribution in [0.4, 0.5) is 20.6 Å². The summed E-state index contributed by atoms with van der Waals surface area (Å²) in [4.78, 5) is 11.9. The first kappa shape index (κ1) is 22.8. The van der Waals surface area contributed by atoms with Crippen molar-refractivity contribution in [2.45, 2.75) is 55.6 Å². The molecule has 0 aromatic heterocycles. The number of piperidine rings is 1. The number of anilines is 2. The van der Waals surface area contributed by atoms with Gasteiger partial charge in [-0.25, -0.2) is 22.3 Å². The summed E-state index contributed by atoms with van der Waals surface area (Å²) in [7, 11) is -4.15. The maximum Gasteiger partial charge on any atom is 0.323 e. The topological polar surface area (TPSA) is 120 Å². The summed E-state index contributed by atoms with van der Waals surface area (Å²) < 4.78 is 42.4. The number of urea groups is 1. The number of hydrogen-bond donors (Lipinski definition) is 5. The lowest BCUT2D eigenvalue weighted by atomic mass is 10.0. The van der Waals surface area contributed by atoms with E-state index in [0.717, 1.165) is 12.8 Å². The van der Waals surface area contributed by atoms with Gasteiger partial charge in [0.1, 0.15) is 10.7 Å². The van der Waals surface area contributed by atoms with Crippen LogP contribution in [-0.2, 0) is 10.0 Å². The lowest BCUT2D eigenvalue weighted by Crippen LogP contribution is -2.47. The Hall–Kier alpha value is -2.40. The minimum atomic E-state index is -4.15. The fourth-order valence-electron chi connectivity index (χ4n) is 4.35. The second kappa shape index (κ2) is 8.86. The molecule has 0 saturated carbocycles. The Kier molecular flexibility index (Phi) is 6.30. The van der Waals surface area contributed by atoms with Gasteiger partial charge in [0.2, 0.25) is 10.0 Å². The largest absolute Gasteiger partial charge is 0.504 e. The van der Waals surface area contributed by atoms with E-state index in [1.54, 1.807) is 0 Å². The number of carbonyl (C=O) groups is 1. The summed E-state index contributed by atoms with van der Waals surface area (Å²) in [5.74, 6) is -1.16. The van der Waals surface area contributed by atoms with Gasteiger partial charge >= 0.3 is 6.03 Å². The van der Waals surface area contributed by atoms with Crippen LogP contribution < -0.4 is 20.7 Å². The van der Waals surface area contributed by atoms with Crippen molar-refractivity contribution in [2.24, 2.45) is 0 Å². The van der Waals surface area contributed by atoms with Gasteiger partial charge in [-0.15, -0.1) is 0 Å². The van der Waals surface area contributed by atoms with Gasteiger partial charge in [0.25, 0.3) is 0 Å². The number of phenols is 1. The van der Waals surface area contributed by atoms with Crippen molar-refractivity contribution >= 4 is 39.0 Å². The SMILES string of the molecule is Cc1c(F)cccc1NC(=O)Nc1ccc(Cl)c(S(=O)(=O)NC2C[C@H]3CC[C@@H](C2)N3)c1O. The summed E-state index contributed by atoms with van der Waals surface area (Å²) in [6.45, 7) is 1.51. The van der Waals surface area contributed by atoms with Crippen LogP contribution in [0.25, 0.3) is 0 Å². The molecule has 3 atom stereocenters. The quantitative estimate of drug-likeness (QED) is 0.416. The van der Waals surface area contributed by atoms with Crippen LogP contribution in [0.3, 0.4) is 0 Å². The van der Waals surface area contributed by atoms with E-state index < -0.39 is 32.5 Å². The summed E-state index contributed by atoms with van der Waals surface area (Å²) in [6.07, 6.45) is 3.32. The van der Waals surface area contributed by atoms with Crippen molar-refractivity contribution in [2.75, 3.05) is 10.6 Å². The number of sulfonamides is 1. The first-order valence-electron chi connectivity index (χ1n) is 10.3. The zero-order valence-corrected chi connectivity index (χ0v) is 18.9. The molecule has 2 saturated heterocycles. The van der Waals surface area contributed by atoms with Gasteiger partial charge in [0, 0.05) is 29.4 Å². The Morgan fingerprint density at radius 1 is 1.12 bits per heavy atom. The number of hydrogen-bond acceptors (Lipinski definition) is 5. The van der Waals surface area contributed by atoms with Gasteiger partial charge in [0.05, 0.1) is 10.7 Å². The number of benzene rings is 2. The number of halogens is 2. The van der Waals surface area contributed by atoms with Crippen LogP contribution in [0.2, 0.25) is 5.02 Å². The fourth-order valence-corrected chi connectivity index (χ4v) is 6.25. The molecule has 2 aliphatic heterocycles. The Morgan fingerprint density at radius 3 is 2.47 bits per heavy atom. The fraction of sp³-hybridized carbons (Fsp3) is 0.381. The summed E-state index contributed by atoms with van der Waals surface area (Å²) in [5, 5.41) is 18.8. The van der Waals surface area contributed by atoms with E-state index in [1.165, 1.54) is 37.3 Å². The number of amides is 2. The van der Waals surface area contributed by atoms with E-state index in [2.05, 4.69) is 20.7 Å². The van der Waals surface area contributed by atoms with Gasteiger partial charge in [-0.1, -0.05) is 17.7 Å². The predicted molar refractivity (Wildman–Crippen MR) is 120 cm³/mol. The van der Waals surface area contributed by atoms with E-state index >= 15 is 0 Å². The van der Waals surface area contributed by atoms with Crippen molar-refractivity contribution < 1.29 is 22.7 Å². The van der Waals surface area contributed by atoms with E-state index in [1.807, 2.05) is 0 Å². The molecule has 172 valence electrons. The Balaban J connectivity index is 1.53. The molecule has 0 spiro atoms. The second-order valence-electron chi connectivity index (χ2n) is 8.19. The molecular formula is C21H24ClFN4O4S. The van der Waals surface area contributed by atoms with Crippen molar-refractivity contribution in [3.05, 3.63) is 46.7 Å². The molecule has 32 heavy (non-hydrogen) atoms. The Morgan fingerprint density at radius 2 is 1.78 bits per heavy atom. The first-order valence-corrected chi connectivity index (χ1v) is 12.1. The second-order valence-corrected chi connectivity index (χ2v) is 10.2. The number of nitrogens with one attached hydrogen (secondary N) is 4. The van der Waals surface area contributed by atoms with Crippen LogP contribution in [0.5, 0.6) is 5.75 Å². The molecule has 1 unspecified atom stereocenters. The van der Waals surface area contributed by atoms with E-state index in [-0.39, 0.29) is 40.1 Å². The molecular weight excluding hydrogens is 459 g/mol. The van der Waals surface area contributed by atoms with Crippen molar-refractivity contribution in [1.82, 2.24) is 10.0 Å². The van der Waals surface area contributed by atoms with Crippen molar-refractivity contribution in [3.63, 3.8) is 0 Å². The molecule has 2 aromatic rings. The Labute approximate surface area is 190 Å². The molecule has 5 N–H and O–H groups in total. The summed E-state index contributed by atoms with van der Waals surface area (Å²) in [6, 6.07) is 6.30. The molecule has 4 rings (SSSR count). The van der Waals surface area contributed by atoms with Crippen molar-refractivity contribution in [1.29, 1.82) is 0 Å². The number of aromatic hydroxyl groups is 1. The number of carbonyl (C=O) groups excluding carboxylic acids is 1. The van der Waals surface area contributed by atoms with Gasteiger partial charge in [-0.05, 0) is 56.9 Å². The van der Waals surface area contributed by atoms with Crippen LogP contribution >= 0.6 is 11.6 Å². The summed E-state index contributed by atoms with van der Waals surface area (Å²) in [5.41, 5.74) is 0.337. The maximum absolute atomic E-state index is 13.7. The van der Waals surface area contributed by atoms with Gasteiger partial charge in [0.15, 0.2) is 5.75 Å². The highest BCUT2D eigenvalue weighted by Crippen LogP contribution is 2.38. The molecule has 8 nitrogen and oxygen atoms in total. The third-order valence-corrected chi connectivity index (χ3v) is 7.93. The smallest absolute Gasteiger partial charge is 0.323 e. The molecule has 11 heteroatoms. The highest BCUT2D eigenvalue weighted by molar-refractivity contribution is 7.89. The van der Waals surface area contributed by atoms with Gasteiger partial charge in [-0.2, -0.15) is 0 Å². The van der Waals surface area contributed by atoms with Crippen LogP contribution in [0, 0.1) is 12.7 Å². The van der Waals surface area contributed by atoms with E-state index in [4.69, 9.17) is 11.6 Å².